The molecule has 0 spiro atoms. The van der Waals surface area contributed by atoms with E-state index in [1.807, 2.05) is 40.7 Å². The summed E-state index contributed by atoms with van der Waals surface area (Å²) in [5, 5.41) is 43.0. The van der Waals surface area contributed by atoms with Crippen LogP contribution in [-0.2, 0) is 14.3 Å². The van der Waals surface area contributed by atoms with Gasteiger partial charge >= 0.3 is 0 Å². The minimum Gasteiger partial charge on any atom is -0.512 e. The lowest BCUT2D eigenvalue weighted by Crippen LogP contribution is -2.44. The number of hydrogen-bond acceptors (Lipinski definition) is 7. The summed E-state index contributed by atoms with van der Waals surface area (Å²) in [4.78, 5) is 12.8. The highest BCUT2D eigenvalue weighted by atomic mass is 16.6. The first-order chi connectivity index (χ1) is 21.8. The van der Waals surface area contributed by atoms with Crippen molar-refractivity contribution in [3.05, 3.63) is 24.0 Å². The van der Waals surface area contributed by atoms with E-state index < -0.39 is 29.5 Å². The first-order valence-corrected chi connectivity index (χ1v) is 18.8. The number of carbonyl (C=O) groups is 1. The van der Waals surface area contributed by atoms with Gasteiger partial charge in [-0.2, -0.15) is 0 Å². The highest BCUT2D eigenvalue weighted by molar-refractivity contribution is 5.91. The van der Waals surface area contributed by atoms with Crippen LogP contribution in [0, 0.1) is 41.4 Å². The minimum atomic E-state index is -0.693. The van der Waals surface area contributed by atoms with Gasteiger partial charge in [-0.05, 0) is 96.3 Å². The normalized spacial score (nSPS) is 32.0. The Morgan fingerprint density at radius 3 is 2.09 bits per heavy atom. The number of ether oxygens (including phenoxy) is 2. The summed E-state index contributed by atoms with van der Waals surface area (Å²) in [5.74, 6) is 0.978. The van der Waals surface area contributed by atoms with E-state index in [9.17, 15) is 25.2 Å². The summed E-state index contributed by atoms with van der Waals surface area (Å²) in [6.07, 6.45) is 11.9. The molecule has 0 aromatic carbocycles. The van der Waals surface area contributed by atoms with Gasteiger partial charge in [-0.15, -0.1) is 0 Å². The fourth-order valence-corrected chi connectivity index (χ4v) is 7.70. The van der Waals surface area contributed by atoms with Gasteiger partial charge in [0.05, 0.1) is 47.5 Å². The average molecular weight is 665 g/mol. The third-order valence-corrected chi connectivity index (χ3v) is 11.7. The van der Waals surface area contributed by atoms with E-state index in [0.29, 0.717) is 24.2 Å². The van der Waals surface area contributed by atoms with Crippen molar-refractivity contribution < 1.29 is 34.7 Å². The standard InChI is InChI=1S/C40H72O7/c1-12-25(2)20-27(4)22-30(7)35(43)24-34(42)29(6)21-26(3)14-13-15-28(5)38(45)31(8)36(44)23-33-16-18-40(11,46-33)37-17-19-39(10,47-37)32(9)41/h13,15,24-33,36-38,41-42,44-45H,12,14,16-23H2,1-11H3/t25-,26-,27+,28-,29-,30+,31+,32-,33+,36+,37-,38-,39+,40+/m1/s1. The zero-order valence-corrected chi connectivity index (χ0v) is 31.7. The first-order valence-electron chi connectivity index (χ1n) is 18.8. The Morgan fingerprint density at radius 2 is 1.49 bits per heavy atom. The molecule has 2 aliphatic heterocycles. The molecule has 14 atom stereocenters. The molecule has 0 unspecified atom stereocenters. The maximum absolute atomic E-state index is 12.8. The van der Waals surface area contributed by atoms with Crippen LogP contribution in [-0.4, -0.2) is 67.9 Å². The summed E-state index contributed by atoms with van der Waals surface area (Å²) in [6, 6.07) is 0. The van der Waals surface area contributed by atoms with Gasteiger partial charge in [-0.25, -0.2) is 0 Å². The maximum atomic E-state index is 12.8. The topological polar surface area (TPSA) is 116 Å². The van der Waals surface area contributed by atoms with Crippen LogP contribution in [0.4, 0.5) is 0 Å². The van der Waals surface area contributed by atoms with E-state index in [4.69, 9.17) is 9.47 Å². The number of rotatable bonds is 20. The van der Waals surface area contributed by atoms with Gasteiger partial charge < -0.3 is 29.9 Å². The van der Waals surface area contributed by atoms with Crippen molar-refractivity contribution in [2.45, 2.75) is 182 Å². The second-order valence-electron chi connectivity index (χ2n) is 16.6. The highest BCUT2D eigenvalue weighted by Crippen LogP contribution is 2.45. The van der Waals surface area contributed by atoms with E-state index in [2.05, 4.69) is 40.7 Å². The Hall–Kier alpha value is -1.25. The van der Waals surface area contributed by atoms with Crippen LogP contribution in [0.5, 0.6) is 0 Å². The van der Waals surface area contributed by atoms with Gasteiger partial charge in [0.15, 0.2) is 5.78 Å². The largest absolute Gasteiger partial charge is 0.512 e. The quantitative estimate of drug-likeness (QED) is 0.0587. The fourth-order valence-electron chi connectivity index (χ4n) is 7.70. The number of allylic oxidation sites excluding steroid dienone is 3. The molecule has 0 amide bonds. The molecule has 2 rings (SSSR count). The number of aliphatic hydroxyl groups is 4. The SMILES string of the molecule is CC[C@@H](C)C[C@H](C)C[C@H](C)C(=O)C=C(O)[C@H](C)C[C@H](C)CC=C[C@@H](C)[C@@H](O)[C@@H](C)[C@@H](O)C[C@@H]1CC[C@@](C)([C@H]2CC[C@@](C)([C@@H](C)O)O2)O1. The lowest BCUT2D eigenvalue weighted by atomic mass is 9.85. The Bertz CT molecular complexity index is 1010. The smallest absolute Gasteiger partial charge is 0.161 e. The number of hydrogen-bond donors (Lipinski definition) is 4. The second-order valence-corrected chi connectivity index (χ2v) is 16.6. The van der Waals surface area contributed by atoms with Crippen molar-refractivity contribution in [1.29, 1.82) is 0 Å². The fraction of sp³-hybridized carbons (Fsp3) is 0.875. The van der Waals surface area contributed by atoms with Crippen LogP contribution in [0.3, 0.4) is 0 Å². The molecule has 7 heteroatoms. The van der Waals surface area contributed by atoms with Gasteiger partial charge in [-0.3, -0.25) is 4.79 Å². The van der Waals surface area contributed by atoms with Gasteiger partial charge in [0.1, 0.15) is 0 Å². The molecule has 0 aromatic heterocycles. The third-order valence-electron chi connectivity index (χ3n) is 11.7. The van der Waals surface area contributed by atoms with E-state index in [0.717, 1.165) is 57.8 Å². The Labute approximate surface area is 287 Å². The zero-order valence-electron chi connectivity index (χ0n) is 31.7. The summed E-state index contributed by atoms with van der Waals surface area (Å²) >= 11 is 0. The first kappa shape index (κ1) is 41.9. The molecule has 47 heavy (non-hydrogen) atoms. The number of aliphatic hydroxyl groups excluding tert-OH is 4. The van der Waals surface area contributed by atoms with Crippen LogP contribution < -0.4 is 0 Å². The van der Waals surface area contributed by atoms with Crippen molar-refractivity contribution in [2.75, 3.05) is 0 Å². The van der Waals surface area contributed by atoms with Crippen LogP contribution in [0.25, 0.3) is 0 Å². The molecule has 0 aromatic rings. The van der Waals surface area contributed by atoms with E-state index in [-0.39, 0.29) is 47.4 Å². The summed E-state index contributed by atoms with van der Waals surface area (Å²) < 4.78 is 12.8. The highest BCUT2D eigenvalue weighted by Gasteiger charge is 2.51. The summed E-state index contributed by atoms with van der Waals surface area (Å²) in [6.45, 7) is 22.4. The van der Waals surface area contributed by atoms with Gasteiger partial charge in [0.25, 0.3) is 0 Å². The molecule has 0 aliphatic carbocycles. The van der Waals surface area contributed by atoms with Crippen LogP contribution in [0.2, 0.25) is 0 Å². The van der Waals surface area contributed by atoms with E-state index in [1.165, 1.54) is 6.08 Å². The third kappa shape index (κ3) is 12.5. The van der Waals surface area contributed by atoms with Crippen molar-refractivity contribution in [3.63, 3.8) is 0 Å². The number of carbonyl (C=O) groups excluding carboxylic acids is 1. The molecule has 2 aliphatic rings. The lowest BCUT2D eigenvalue weighted by Gasteiger charge is -2.35. The molecule has 0 radical (unpaired) electrons. The predicted octanol–water partition coefficient (Wildman–Crippen LogP) is 8.34. The van der Waals surface area contributed by atoms with Gasteiger partial charge in [-0.1, -0.05) is 74.0 Å². The molecule has 0 bridgehead atoms. The van der Waals surface area contributed by atoms with Crippen molar-refractivity contribution in [1.82, 2.24) is 0 Å². The summed E-state index contributed by atoms with van der Waals surface area (Å²) in [5.41, 5.74) is -0.981. The Morgan fingerprint density at radius 1 is 0.851 bits per heavy atom. The lowest BCUT2D eigenvalue weighted by molar-refractivity contribution is -0.172. The Balaban J connectivity index is 1.78. The van der Waals surface area contributed by atoms with Crippen molar-refractivity contribution >= 4 is 5.78 Å². The molecule has 7 nitrogen and oxygen atoms in total. The van der Waals surface area contributed by atoms with E-state index >= 15 is 0 Å². The van der Waals surface area contributed by atoms with Crippen LogP contribution in [0.1, 0.15) is 140 Å². The molecule has 274 valence electrons. The predicted molar refractivity (Wildman–Crippen MR) is 191 cm³/mol. The molecule has 2 fully saturated rings. The van der Waals surface area contributed by atoms with Crippen molar-refractivity contribution in [2.24, 2.45) is 41.4 Å². The summed E-state index contributed by atoms with van der Waals surface area (Å²) in [7, 11) is 0. The Kier molecular flexibility index (Phi) is 16.6. The zero-order chi connectivity index (χ0) is 35.7. The van der Waals surface area contributed by atoms with Crippen LogP contribution >= 0.6 is 0 Å². The second kappa shape index (κ2) is 18.7. The van der Waals surface area contributed by atoms with Gasteiger partial charge in [0, 0.05) is 29.7 Å². The van der Waals surface area contributed by atoms with Crippen LogP contribution in [0.15, 0.2) is 24.0 Å². The van der Waals surface area contributed by atoms with E-state index in [1.54, 1.807) is 6.92 Å². The molecule has 2 saturated heterocycles. The molecule has 2 heterocycles. The maximum Gasteiger partial charge on any atom is 0.161 e. The van der Waals surface area contributed by atoms with Crippen molar-refractivity contribution in [3.8, 4) is 0 Å². The monoisotopic (exact) mass is 665 g/mol. The molecule has 4 N–H and O–H groups in total. The number of ketones is 1. The molecular formula is C40H72O7. The molecule has 0 saturated carbocycles. The minimum absolute atomic E-state index is 0.00798. The van der Waals surface area contributed by atoms with Gasteiger partial charge in [0.2, 0.25) is 0 Å². The molecular weight excluding hydrogens is 592 g/mol. The average Bonchev–Trinajstić information content (AvgIpc) is 3.60.